The second-order valence-electron chi connectivity index (χ2n) is 6.98. The highest BCUT2D eigenvalue weighted by molar-refractivity contribution is 9.25. The summed E-state index contributed by atoms with van der Waals surface area (Å²) in [7, 11) is 0. The molecule has 2 aromatic carbocycles. The van der Waals surface area contributed by atoms with Gasteiger partial charge in [0, 0.05) is 5.92 Å². The van der Waals surface area contributed by atoms with E-state index in [1.807, 2.05) is 36.4 Å². The Morgan fingerprint density at radius 3 is 1.88 bits per heavy atom. The Hall–Kier alpha value is -0.720. The molecule has 5 heteroatoms. The lowest BCUT2D eigenvalue weighted by Gasteiger charge is -2.35. The molecule has 0 spiro atoms. The minimum absolute atomic E-state index is 0.0299. The van der Waals surface area contributed by atoms with Gasteiger partial charge in [0.25, 0.3) is 0 Å². The lowest BCUT2D eigenvalue weighted by molar-refractivity contribution is -0.182. The quantitative estimate of drug-likeness (QED) is 0.539. The molecule has 4 rings (SSSR count). The fourth-order valence-electron chi connectivity index (χ4n) is 3.63. The Labute approximate surface area is 171 Å². The maximum atomic E-state index is 6.37. The van der Waals surface area contributed by atoms with Gasteiger partial charge in [0.1, 0.15) is 9.34 Å². The highest BCUT2D eigenvalue weighted by Crippen LogP contribution is 2.63. The van der Waals surface area contributed by atoms with Crippen LogP contribution < -0.4 is 0 Å². The average Bonchev–Trinajstić information content (AvgIpc) is 3.20. The highest BCUT2D eigenvalue weighted by Gasteiger charge is 2.71. The van der Waals surface area contributed by atoms with Crippen LogP contribution in [0.25, 0.3) is 0 Å². The van der Waals surface area contributed by atoms with Crippen LogP contribution in [0.3, 0.4) is 0 Å². The number of rotatable bonds is 6. The lowest BCUT2D eigenvalue weighted by Crippen LogP contribution is -2.47. The smallest absolute Gasteiger partial charge is 0.115 e. The third-order valence-electron chi connectivity index (χ3n) is 5.11. The SMILES string of the molecule is C[C@@H]1OC2[C@H]([C@H](OCc3ccccc3)[C@H]1OCc1ccccc1)C2(Br)Br. The molecule has 1 aliphatic carbocycles. The van der Waals surface area contributed by atoms with Crippen molar-refractivity contribution < 1.29 is 14.2 Å². The maximum absolute atomic E-state index is 6.37. The van der Waals surface area contributed by atoms with Crippen molar-refractivity contribution in [2.45, 2.75) is 47.8 Å². The summed E-state index contributed by atoms with van der Waals surface area (Å²) < 4.78 is 18.6. The molecule has 0 bridgehead atoms. The largest absolute Gasteiger partial charge is 0.370 e. The van der Waals surface area contributed by atoms with Gasteiger partial charge in [0.05, 0.1) is 31.5 Å². The first-order valence-corrected chi connectivity index (χ1v) is 10.5. The molecule has 0 N–H and O–H groups in total. The number of hydrogen-bond acceptors (Lipinski definition) is 3. The molecule has 1 saturated heterocycles. The number of fused-ring (bicyclic) bond motifs is 1. The summed E-state index contributed by atoms with van der Waals surface area (Å²) in [6.45, 7) is 3.20. The minimum Gasteiger partial charge on any atom is -0.370 e. The van der Waals surface area contributed by atoms with Crippen LogP contribution in [0.1, 0.15) is 18.1 Å². The van der Waals surface area contributed by atoms with Crippen LogP contribution in [-0.2, 0) is 27.4 Å². The Morgan fingerprint density at radius 1 is 0.846 bits per heavy atom. The second kappa shape index (κ2) is 7.72. The molecule has 1 unspecified atom stereocenters. The number of halogens is 2. The van der Waals surface area contributed by atoms with E-state index < -0.39 is 0 Å². The van der Waals surface area contributed by atoms with Gasteiger partial charge in [0.15, 0.2) is 0 Å². The van der Waals surface area contributed by atoms with Gasteiger partial charge in [0.2, 0.25) is 0 Å². The normalized spacial score (nSPS) is 32.0. The molecule has 1 saturated carbocycles. The topological polar surface area (TPSA) is 27.7 Å². The van der Waals surface area contributed by atoms with E-state index >= 15 is 0 Å². The zero-order chi connectivity index (χ0) is 18.1. The molecule has 2 aromatic rings. The summed E-state index contributed by atoms with van der Waals surface area (Å²) in [5.41, 5.74) is 2.32. The van der Waals surface area contributed by atoms with Crippen molar-refractivity contribution in [3.8, 4) is 0 Å². The highest BCUT2D eigenvalue weighted by atomic mass is 79.9. The molecule has 0 amide bonds. The van der Waals surface area contributed by atoms with E-state index in [-0.39, 0.29) is 33.6 Å². The molecular weight excluding hydrogens is 460 g/mol. The summed E-state index contributed by atoms with van der Waals surface area (Å²) >= 11 is 7.51. The van der Waals surface area contributed by atoms with Gasteiger partial charge >= 0.3 is 0 Å². The monoisotopic (exact) mass is 480 g/mol. The summed E-state index contributed by atoms with van der Waals surface area (Å²) in [6.07, 6.45) is -0.0730. The van der Waals surface area contributed by atoms with Crippen LogP contribution >= 0.6 is 31.9 Å². The molecule has 1 heterocycles. The molecule has 2 aliphatic rings. The van der Waals surface area contributed by atoms with E-state index in [4.69, 9.17) is 14.2 Å². The molecule has 2 fully saturated rings. The first-order chi connectivity index (χ1) is 12.6. The molecule has 0 aromatic heterocycles. The standard InChI is InChI=1S/C21H22Br2O3/c1-14-18(24-12-15-8-4-2-5-9-15)19(17-20(26-14)21(17,22)23)25-13-16-10-6-3-7-11-16/h2-11,14,17-20H,12-13H2,1H3/t14-,17-,18-,19-,20?/m0/s1. The third kappa shape index (κ3) is 3.78. The van der Waals surface area contributed by atoms with Crippen molar-refractivity contribution in [2.24, 2.45) is 5.92 Å². The van der Waals surface area contributed by atoms with Crippen LogP contribution in [0.5, 0.6) is 0 Å². The Balaban J connectivity index is 1.47. The van der Waals surface area contributed by atoms with Gasteiger partial charge < -0.3 is 14.2 Å². The van der Waals surface area contributed by atoms with Gasteiger partial charge in [-0.25, -0.2) is 0 Å². The predicted molar refractivity (Wildman–Crippen MR) is 108 cm³/mol. The van der Waals surface area contributed by atoms with Gasteiger partial charge in [-0.2, -0.15) is 0 Å². The Bertz CT molecular complexity index is 723. The van der Waals surface area contributed by atoms with Crippen molar-refractivity contribution >= 4 is 31.9 Å². The van der Waals surface area contributed by atoms with Crippen molar-refractivity contribution in [1.29, 1.82) is 0 Å². The van der Waals surface area contributed by atoms with Gasteiger partial charge in [-0.15, -0.1) is 0 Å². The molecule has 5 atom stereocenters. The lowest BCUT2D eigenvalue weighted by atomic mass is 10.0. The number of hydrogen-bond donors (Lipinski definition) is 0. The summed E-state index contributed by atoms with van der Waals surface area (Å²) in [5, 5.41) is 0. The van der Waals surface area contributed by atoms with Crippen molar-refractivity contribution in [2.75, 3.05) is 0 Å². The van der Waals surface area contributed by atoms with Crippen LogP contribution in [0.15, 0.2) is 60.7 Å². The molecule has 26 heavy (non-hydrogen) atoms. The predicted octanol–water partition coefficient (Wildman–Crippen LogP) is 5.06. The fraction of sp³-hybridized carbons (Fsp3) is 0.429. The zero-order valence-electron chi connectivity index (χ0n) is 14.6. The van der Waals surface area contributed by atoms with Crippen LogP contribution in [0.2, 0.25) is 0 Å². The summed E-state index contributed by atoms with van der Waals surface area (Å²) in [6, 6.07) is 20.5. The maximum Gasteiger partial charge on any atom is 0.115 e. The van der Waals surface area contributed by atoms with E-state index in [0.29, 0.717) is 13.2 Å². The van der Waals surface area contributed by atoms with E-state index in [2.05, 4.69) is 63.0 Å². The molecule has 3 nitrogen and oxygen atoms in total. The Morgan fingerprint density at radius 2 is 1.35 bits per heavy atom. The summed E-state index contributed by atoms with van der Waals surface area (Å²) in [5.74, 6) is 0.225. The first-order valence-electron chi connectivity index (χ1n) is 8.91. The minimum atomic E-state index is -0.222. The summed E-state index contributed by atoms with van der Waals surface area (Å²) in [4.78, 5) is 0. The van der Waals surface area contributed by atoms with Crippen LogP contribution in [0, 0.1) is 5.92 Å². The number of benzene rings is 2. The van der Waals surface area contributed by atoms with E-state index in [0.717, 1.165) is 5.56 Å². The van der Waals surface area contributed by atoms with E-state index in [9.17, 15) is 0 Å². The van der Waals surface area contributed by atoms with Crippen LogP contribution in [0.4, 0.5) is 0 Å². The van der Waals surface area contributed by atoms with Crippen molar-refractivity contribution in [1.82, 2.24) is 0 Å². The number of ether oxygens (including phenoxy) is 3. The molecule has 1 aliphatic heterocycles. The first kappa shape index (κ1) is 18.6. The second-order valence-corrected chi connectivity index (χ2v) is 10.7. The molecule has 0 radical (unpaired) electrons. The van der Waals surface area contributed by atoms with Gasteiger partial charge in [-0.05, 0) is 18.1 Å². The van der Waals surface area contributed by atoms with Crippen molar-refractivity contribution in [3.63, 3.8) is 0 Å². The van der Waals surface area contributed by atoms with E-state index in [1.54, 1.807) is 0 Å². The molecular formula is C21H22Br2O3. The van der Waals surface area contributed by atoms with Gasteiger partial charge in [-0.3, -0.25) is 0 Å². The zero-order valence-corrected chi connectivity index (χ0v) is 17.7. The van der Waals surface area contributed by atoms with Crippen molar-refractivity contribution in [3.05, 3.63) is 71.8 Å². The van der Waals surface area contributed by atoms with Gasteiger partial charge in [-0.1, -0.05) is 92.5 Å². The van der Waals surface area contributed by atoms with E-state index in [1.165, 1.54) is 5.56 Å². The number of alkyl halides is 2. The molecule has 138 valence electrons. The Kier molecular flexibility index (Phi) is 5.53. The third-order valence-corrected chi connectivity index (χ3v) is 7.07. The average molecular weight is 482 g/mol. The van der Waals surface area contributed by atoms with Crippen LogP contribution in [-0.4, -0.2) is 27.6 Å². The fourth-order valence-corrected chi connectivity index (χ4v) is 5.15.